The molecule has 0 bridgehead atoms. The van der Waals surface area contributed by atoms with Gasteiger partial charge in [0.05, 0.1) is 15.9 Å². The monoisotopic (exact) mass is 262 g/mol. The fourth-order valence-corrected chi connectivity index (χ4v) is 6.78. The zero-order valence-corrected chi connectivity index (χ0v) is 12.7. The van der Waals surface area contributed by atoms with Crippen LogP contribution in [0.4, 0.5) is 0 Å². The van der Waals surface area contributed by atoms with Crippen molar-refractivity contribution in [3.63, 3.8) is 0 Å². The molecule has 1 aromatic rings. The molecule has 1 saturated heterocycles. The summed E-state index contributed by atoms with van der Waals surface area (Å²) < 4.78 is 5.13. The molecule has 18 heavy (non-hydrogen) atoms. The molecule has 0 aromatic heterocycles. The lowest BCUT2D eigenvalue weighted by molar-refractivity contribution is 0.0946. The summed E-state index contributed by atoms with van der Waals surface area (Å²) in [6.07, 6.45) is 2.66. The molecule has 1 aliphatic heterocycles. The molecule has 2 rings (SSSR count). The molecule has 2 nitrogen and oxygen atoms in total. The molecular weight excluding hydrogens is 240 g/mol. The highest BCUT2D eigenvalue weighted by atomic mass is 28.3. The largest absolute Gasteiger partial charge is 0.497 e. The summed E-state index contributed by atoms with van der Waals surface area (Å²) in [5.41, 5.74) is 0.834. The summed E-state index contributed by atoms with van der Waals surface area (Å²) in [4.78, 5) is 12.6. The second kappa shape index (κ2) is 5.27. The first-order valence-corrected chi connectivity index (χ1v) is 8.95. The zero-order valence-electron chi connectivity index (χ0n) is 11.5. The Morgan fingerprint density at radius 1 is 1.17 bits per heavy atom. The van der Waals surface area contributed by atoms with Crippen LogP contribution in [0.15, 0.2) is 24.3 Å². The summed E-state index contributed by atoms with van der Waals surface area (Å²) in [7, 11) is 0.727. The van der Waals surface area contributed by atoms with Crippen LogP contribution in [0.1, 0.15) is 37.0 Å². The van der Waals surface area contributed by atoms with Gasteiger partial charge in [0.2, 0.25) is 0 Å². The molecule has 0 unspecified atom stereocenters. The van der Waals surface area contributed by atoms with E-state index in [0.29, 0.717) is 5.78 Å². The van der Waals surface area contributed by atoms with E-state index in [2.05, 4.69) is 13.8 Å². The van der Waals surface area contributed by atoms with Crippen LogP contribution in [-0.4, -0.2) is 21.7 Å². The first-order valence-electron chi connectivity index (χ1n) is 6.74. The maximum atomic E-state index is 12.6. The van der Waals surface area contributed by atoms with E-state index in [9.17, 15) is 4.79 Å². The topological polar surface area (TPSA) is 26.3 Å². The SMILES string of the molecule is COc1ccc(C(=O)C(C)(C)[SiH]2CCCC2)cc1. The highest BCUT2D eigenvalue weighted by Gasteiger charge is 2.39. The van der Waals surface area contributed by atoms with Crippen LogP contribution in [-0.2, 0) is 0 Å². The van der Waals surface area contributed by atoms with Crippen LogP contribution in [0.5, 0.6) is 5.75 Å². The molecule has 0 aliphatic carbocycles. The van der Waals surface area contributed by atoms with Crippen molar-refractivity contribution in [3.05, 3.63) is 29.8 Å². The smallest absolute Gasteiger partial charge is 0.165 e. The van der Waals surface area contributed by atoms with Crippen LogP contribution in [0.25, 0.3) is 0 Å². The number of carbonyl (C=O) groups excluding carboxylic acids is 1. The van der Waals surface area contributed by atoms with Crippen LogP contribution >= 0.6 is 0 Å². The molecule has 0 saturated carbocycles. The summed E-state index contributed by atoms with van der Waals surface area (Å²) in [6.45, 7) is 4.31. The molecule has 3 heteroatoms. The quantitative estimate of drug-likeness (QED) is 0.611. The molecule has 0 N–H and O–H groups in total. The van der Waals surface area contributed by atoms with E-state index >= 15 is 0 Å². The Morgan fingerprint density at radius 2 is 1.72 bits per heavy atom. The predicted molar refractivity (Wildman–Crippen MR) is 77.4 cm³/mol. The fourth-order valence-electron chi connectivity index (χ4n) is 2.95. The third-order valence-corrected chi connectivity index (χ3v) is 8.83. The van der Waals surface area contributed by atoms with Gasteiger partial charge in [0.15, 0.2) is 5.78 Å². The van der Waals surface area contributed by atoms with Gasteiger partial charge in [0.25, 0.3) is 0 Å². The maximum absolute atomic E-state index is 12.6. The minimum atomic E-state index is -0.918. The standard InChI is InChI=1S/C15H22O2Si/c1-15(2,18-10-4-5-11-18)14(16)12-6-8-13(17-3)9-7-12/h6-9,18H,4-5,10-11H2,1-3H3. The Kier molecular flexibility index (Phi) is 3.90. The Labute approximate surface area is 111 Å². The lowest BCUT2D eigenvalue weighted by Gasteiger charge is -2.29. The van der Waals surface area contributed by atoms with Gasteiger partial charge in [-0.1, -0.05) is 38.8 Å². The molecule has 1 aliphatic rings. The average molecular weight is 262 g/mol. The normalized spacial score (nSPS) is 16.8. The number of carbonyl (C=O) groups is 1. The number of rotatable bonds is 4. The fraction of sp³-hybridized carbons (Fsp3) is 0.533. The van der Waals surface area contributed by atoms with Crippen LogP contribution in [0.2, 0.25) is 17.1 Å². The van der Waals surface area contributed by atoms with Crippen molar-refractivity contribution in [1.29, 1.82) is 0 Å². The highest BCUT2D eigenvalue weighted by Crippen LogP contribution is 2.41. The van der Waals surface area contributed by atoms with Crippen molar-refractivity contribution >= 4 is 14.6 Å². The molecular formula is C15H22O2Si. The first-order chi connectivity index (χ1) is 8.55. The van der Waals surface area contributed by atoms with Gasteiger partial charge in [-0.2, -0.15) is 0 Å². The van der Waals surface area contributed by atoms with Crippen molar-refractivity contribution in [3.8, 4) is 5.75 Å². The summed E-state index contributed by atoms with van der Waals surface area (Å²) in [5.74, 6) is 1.13. The van der Waals surface area contributed by atoms with E-state index in [-0.39, 0.29) is 5.04 Å². The zero-order chi connectivity index (χ0) is 13.2. The summed E-state index contributed by atoms with van der Waals surface area (Å²) in [6, 6.07) is 10.2. The lowest BCUT2D eigenvalue weighted by atomic mass is 10.00. The van der Waals surface area contributed by atoms with Crippen molar-refractivity contribution in [2.45, 2.75) is 43.8 Å². The number of methoxy groups -OCH3 is 1. The van der Waals surface area contributed by atoms with Gasteiger partial charge >= 0.3 is 0 Å². The van der Waals surface area contributed by atoms with E-state index in [1.807, 2.05) is 24.3 Å². The van der Waals surface area contributed by atoms with Crippen LogP contribution in [0, 0.1) is 0 Å². The van der Waals surface area contributed by atoms with Crippen molar-refractivity contribution in [1.82, 2.24) is 0 Å². The average Bonchev–Trinajstić information content (AvgIpc) is 2.92. The lowest BCUT2D eigenvalue weighted by Crippen LogP contribution is -2.32. The number of Topliss-reactive ketones (excluding diaryl/α,β-unsaturated/α-hetero) is 1. The molecule has 98 valence electrons. The van der Waals surface area contributed by atoms with E-state index in [1.54, 1.807) is 7.11 Å². The molecule has 0 atom stereocenters. The van der Waals surface area contributed by atoms with E-state index < -0.39 is 8.80 Å². The van der Waals surface area contributed by atoms with Crippen molar-refractivity contribution < 1.29 is 9.53 Å². The number of ketones is 1. The van der Waals surface area contributed by atoms with Gasteiger partial charge in [0.1, 0.15) is 5.75 Å². The summed E-state index contributed by atoms with van der Waals surface area (Å²) in [5, 5.41) is -0.106. The number of hydrogen-bond donors (Lipinski definition) is 0. The minimum absolute atomic E-state index is 0.106. The van der Waals surface area contributed by atoms with Crippen LogP contribution in [0.3, 0.4) is 0 Å². The Morgan fingerprint density at radius 3 is 2.22 bits per heavy atom. The second-order valence-electron chi connectivity index (χ2n) is 5.76. The Bertz CT molecular complexity index is 417. The van der Waals surface area contributed by atoms with E-state index in [1.165, 1.54) is 24.9 Å². The van der Waals surface area contributed by atoms with Gasteiger partial charge in [-0.05, 0) is 24.3 Å². The molecule has 1 aromatic carbocycles. The van der Waals surface area contributed by atoms with E-state index in [0.717, 1.165) is 11.3 Å². The van der Waals surface area contributed by atoms with Crippen LogP contribution < -0.4 is 4.74 Å². The second-order valence-corrected chi connectivity index (χ2v) is 9.75. The van der Waals surface area contributed by atoms with Crippen molar-refractivity contribution in [2.24, 2.45) is 0 Å². The minimum Gasteiger partial charge on any atom is -0.497 e. The highest BCUT2D eigenvalue weighted by molar-refractivity contribution is 6.68. The van der Waals surface area contributed by atoms with Crippen molar-refractivity contribution in [2.75, 3.05) is 7.11 Å². The number of ether oxygens (including phenoxy) is 1. The Hall–Kier alpha value is -1.09. The maximum Gasteiger partial charge on any atom is 0.165 e. The van der Waals surface area contributed by atoms with Gasteiger partial charge in [-0.3, -0.25) is 4.79 Å². The van der Waals surface area contributed by atoms with Gasteiger partial charge in [0, 0.05) is 10.6 Å². The predicted octanol–water partition coefficient (Wildman–Crippen LogP) is 3.68. The third-order valence-electron chi connectivity index (χ3n) is 4.31. The van der Waals surface area contributed by atoms with E-state index in [4.69, 9.17) is 4.74 Å². The molecule has 0 radical (unpaired) electrons. The third kappa shape index (κ3) is 2.51. The molecule has 0 amide bonds. The van der Waals surface area contributed by atoms with Gasteiger partial charge in [-0.25, -0.2) is 0 Å². The summed E-state index contributed by atoms with van der Waals surface area (Å²) >= 11 is 0. The molecule has 1 fully saturated rings. The molecule has 1 heterocycles. The molecule has 0 spiro atoms. The first kappa shape index (κ1) is 13.3. The number of benzene rings is 1. The van der Waals surface area contributed by atoms with Gasteiger partial charge in [-0.15, -0.1) is 0 Å². The Balaban J connectivity index is 2.18. The van der Waals surface area contributed by atoms with Gasteiger partial charge < -0.3 is 4.74 Å². The number of hydrogen-bond acceptors (Lipinski definition) is 2.